The molecule has 0 bridgehead atoms. The summed E-state index contributed by atoms with van der Waals surface area (Å²) in [6.45, 7) is 5.63. The van der Waals surface area contributed by atoms with Crippen LogP contribution in [0, 0.1) is 5.92 Å². The third-order valence-corrected chi connectivity index (χ3v) is 5.19. The van der Waals surface area contributed by atoms with Gasteiger partial charge in [0.1, 0.15) is 24.1 Å². The molecule has 0 aromatic carbocycles. The van der Waals surface area contributed by atoms with Crippen LogP contribution in [0.3, 0.4) is 0 Å². The smallest absolute Gasteiger partial charge is 0.329 e. The predicted octanol–water partition coefficient (Wildman–Crippen LogP) is -0.669. The number of amides is 2. The van der Waals surface area contributed by atoms with Gasteiger partial charge in [-0.2, -0.15) is 0 Å². The van der Waals surface area contributed by atoms with Crippen LogP contribution in [0.25, 0.3) is 0 Å². The summed E-state index contributed by atoms with van der Waals surface area (Å²) >= 11 is 0. The molecule has 0 aromatic rings. The minimum atomic E-state index is -1.28. The van der Waals surface area contributed by atoms with Crippen molar-refractivity contribution in [2.75, 3.05) is 6.54 Å². The number of carbonyl (C=O) groups is 4. The Kier molecular flexibility index (Phi) is 7.27. The summed E-state index contributed by atoms with van der Waals surface area (Å²) in [5.74, 6) is -2.93. The highest BCUT2D eigenvalue weighted by Crippen LogP contribution is 2.39. The second kappa shape index (κ2) is 9.31. The van der Waals surface area contributed by atoms with Crippen molar-refractivity contribution in [3.63, 3.8) is 0 Å². The van der Waals surface area contributed by atoms with Crippen LogP contribution >= 0.6 is 0 Å². The molecule has 0 aliphatic carbocycles. The van der Waals surface area contributed by atoms with Gasteiger partial charge in [-0.25, -0.2) is 4.79 Å². The molecule has 30 heavy (non-hydrogen) atoms. The number of hydrogen-bond donors (Lipinski definition) is 4. The Labute approximate surface area is 175 Å². The van der Waals surface area contributed by atoms with Gasteiger partial charge < -0.3 is 31.5 Å². The number of carbonyl (C=O) groups excluding carboxylic acids is 3. The summed E-state index contributed by atoms with van der Waals surface area (Å²) < 4.78 is 5.51. The number of nitrogens with one attached hydrogen (secondary N) is 1. The number of rotatable bonds is 7. The summed E-state index contributed by atoms with van der Waals surface area (Å²) in [4.78, 5) is 54.0. The van der Waals surface area contributed by atoms with E-state index < -0.39 is 47.9 Å². The molecule has 0 saturated carbocycles. The van der Waals surface area contributed by atoms with E-state index in [1.807, 2.05) is 0 Å². The fraction of sp³-hybridized carbons (Fsp3) is 0.737. The Morgan fingerprint density at radius 1 is 1.27 bits per heavy atom. The van der Waals surface area contributed by atoms with Gasteiger partial charge in [-0.3, -0.25) is 19.4 Å². The molecule has 6 N–H and O–H groups in total. The van der Waals surface area contributed by atoms with Gasteiger partial charge in [-0.05, 0) is 52.4 Å². The Morgan fingerprint density at radius 2 is 1.93 bits per heavy atom. The van der Waals surface area contributed by atoms with Crippen LogP contribution in [0.2, 0.25) is 0 Å². The highest BCUT2D eigenvalue weighted by atomic mass is 16.6. The lowest BCUT2D eigenvalue weighted by Crippen LogP contribution is -2.58. The molecule has 0 radical (unpaired) electrons. The standard InChI is InChI=1S/C19H31N5O6/c1-19(2,3)30-17(29)13-8-10(6-7-22-18(20)21)12-5-4-11(16(28)24(12)13)23-14(25)9-15(26)27/h10-13H,4-9H2,1-3H3,(H,23,25)(H,26,27)(H4,20,21,22)/t10-,11+,12+,13-/m0/s1. The van der Waals surface area contributed by atoms with Gasteiger partial charge in [-0.15, -0.1) is 0 Å². The first-order chi connectivity index (χ1) is 13.9. The summed E-state index contributed by atoms with van der Waals surface area (Å²) in [5, 5.41) is 11.2. The number of hydrogen-bond acceptors (Lipinski definition) is 6. The van der Waals surface area contributed by atoms with E-state index in [9.17, 15) is 19.2 Å². The third kappa shape index (κ3) is 6.07. The average molecular weight is 425 g/mol. The predicted molar refractivity (Wildman–Crippen MR) is 107 cm³/mol. The van der Waals surface area contributed by atoms with Crippen LogP contribution < -0.4 is 16.8 Å². The molecule has 2 aliphatic heterocycles. The van der Waals surface area contributed by atoms with E-state index >= 15 is 0 Å². The summed E-state index contributed by atoms with van der Waals surface area (Å²) in [6, 6.07) is -1.84. The number of nitrogens with two attached hydrogens (primary N) is 2. The van der Waals surface area contributed by atoms with Crippen LogP contribution in [0.15, 0.2) is 4.99 Å². The van der Waals surface area contributed by atoms with E-state index in [2.05, 4.69) is 10.3 Å². The second-order valence-corrected chi connectivity index (χ2v) is 8.72. The second-order valence-electron chi connectivity index (χ2n) is 8.72. The quantitative estimate of drug-likeness (QED) is 0.179. The molecule has 2 aliphatic rings. The van der Waals surface area contributed by atoms with E-state index in [4.69, 9.17) is 21.3 Å². The SMILES string of the molecule is CC(C)(C)OC(=O)[C@@H]1C[C@H](CCN=C(N)N)[C@H]2CC[C@@H](NC(=O)CC(=O)O)C(=O)N21. The molecule has 0 spiro atoms. The van der Waals surface area contributed by atoms with E-state index in [0.717, 1.165) is 0 Å². The average Bonchev–Trinajstić information content (AvgIpc) is 2.94. The van der Waals surface area contributed by atoms with E-state index in [-0.39, 0.29) is 17.9 Å². The van der Waals surface area contributed by atoms with E-state index in [1.54, 1.807) is 20.8 Å². The first-order valence-corrected chi connectivity index (χ1v) is 10.0. The maximum Gasteiger partial charge on any atom is 0.329 e. The highest BCUT2D eigenvalue weighted by molar-refractivity contribution is 5.97. The Balaban J connectivity index is 2.19. The fourth-order valence-electron chi connectivity index (χ4n) is 4.11. The number of fused-ring (bicyclic) bond motifs is 1. The first-order valence-electron chi connectivity index (χ1n) is 10.0. The monoisotopic (exact) mass is 425 g/mol. The minimum absolute atomic E-state index is 0.00485. The number of aliphatic imine (C=N–C) groups is 1. The van der Waals surface area contributed by atoms with Crippen molar-refractivity contribution in [2.24, 2.45) is 22.4 Å². The Hall–Kier alpha value is -2.85. The molecular weight excluding hydrogens is 394 g/mol. The van der Waals surface area contributed by atoms with Crippen LogP contribution in [-0.2, 0) is 23.9 Å². The zero-order valence-electron chi connectivity index (χ0n) is 17.6. The summed E-state index contributed by atoms with van der Waals surface area (Å²) in [7, 11) is 0. The van der Waals surface area contributed by atoms with Crippen molar-refractivity contribution < 1.29 is 29.0 Å². The zero-order chi connectivity index (χ0) is 22.6. The number of esters is 1. The lowest BCUT2D eigenvalue weighted by Gasteiger charge is -2.39. The molecule has 2 heterocycles. The molecule has 2 fully saturated rings. The van der Waals surface area contributed by atoms with E-state index in [0.29, 0.717) is 32.2 Å². The van der Waals surface area contributed by atoms with Crippen LogP contribution in [0.4, 0.5) is 0 Å². The van der Waals surface area contributed by atoms with Crippen LogP contribution in [0.5, 0.6) is 0 Å². The minimum Gasteiger partial charge on any atom is -0.481 e. The van der Waals surface area contributed by atoms with Gasteiger partial charge in [0, 0.05) is 12.6 Å². The summed E-state index contributed by atoms with van der Waals surface area (Å²) in [6.07, 6.45) is 1.23. The first kappa shape index (κ1) is 23.4. The van der Waals surface area contributed by atoms with Crippen molar-refractivity contribution in [3.05, 3.63) is 0 Å². The maximum absolute atomic E-state index is 13.1. The number of nitrogens with zero attached hydrogens (tertiary/aromatic N) is 2. The Bertz CT molecular complexity index is 727. The topological polar surface area (TPSA) is 177 Å². The molecule has 2 saturated heterocycles. The lowest BCUT2D eigenvalue weighted by atomic mass is 9.89. The molecular formula is C19H31N5O6. The number of piperidine rings is 1. The highest BCUT2D eigenvalue weighted by Gasteiger charge is 2.51. The molecule has 11 heteroatoms. The maximum atomic E-state index is 13.1. The van der Waals surface area contributed by atoms with Gasteiger partial charge in [-0.1, -0.05) is 0 Å². The molecule has 4 atom stereocenters. The van der Waals surface area contributed by atoms with Gasteiger partial charge in [0.2, 0.25) is 11.8 Å². The molecule has 2 rings (SSSR count). The number of ether oxygens (including phenoxy) is 1. The molecule has 0 aromatic heterocycles. The van der Waals surface area contributed by atoms with Crippen molar-refractivity contribution in [1.29, 1.82) is 0 Å². The largest absolute Gasteiger partial charge is 0.481 e. The van der Waals surface area contributed by atoms with E-state index in [1.165, 1.54) is 4.90 Å². The molecule has 168 valence electrons. The van der Waals surface area contributed by atoms with Crippen LogP contribution in [0.1, 0.15) is 52.9 Å². The van der Waals surface area contributed by atoms with Crippen molar-refractivity contribution >= 4 is 29.7 Å². The Morgan fingerprint density at radius 3 is 2.50 bits per heavy atom. The van der Waals surface area contributed by atoms with Gasteiger partial charge in [0.05, 0.1) is 0 Å². The van der Waals surface area contributed by atoms with Gasteiger partial charge in [0.15, 0.2) is 5.96 Å². The molecule has 11 nitrogen and oxygen atoms in total. The zero-order valence-corrected chi connectivity index (χ0v) is 17.6. The lowest BCUT2D eigenvalue weighted by molar-refractivity contribution is -0.165. The number of carboxylic acid groups (broad SMARTS) is 1. The van der Waals surface area contributed by atoms with Crippen molar-refractivity contribution in [1.82, 2.24) is 10.2 Å². The molecule has 2 amide bonds. The fourth-order valence-corrected chi connectivity index (χ4v) is 4.11. The van der Waals surface area contributed by atoms with Gasteiger partial charge >= 0.3 is 11.9 Å². The normalized spacial score (nSPS) is 26.0. The molecule has 0 unspecified atom stereocenters. The number of carboxylic acids is 1. The van der Waals surface area contributed by atoms with Gasteiger partial charge in [0.25, 0.3) is 0 Å². The van der Waals surface area contributed by atoms with Crippen molar-refractivity contribution in [3.8, 4) is 0 Å². The third-order valence-electron chi connectivity index (χ3n) is 5.19. The number of guanidine groups is 1. The number of aliphatic carboxylic acids is 1. The van der Waals surface area contributed by atoms with Crippen molar-refractivity contribution in [2.45, 2.75) is 76.6 Å². The van der Waals surface area contributed by atoms with Crippen LogP contribution in [-0.4, -0.2) is 70.0 Å². The summed E-state index contributed by atoms with van der Waals surface area (Å²) in [5.41, 5.74) is 10.1.